The standard InChI is InChI=1S/C23H28N4O2/c1-6-9-17(19-10-8-11-24-20(19)7-2)13-25-21-12-18(14-26-23(21)28-5)22-15(3)27-29-16(22)4/h6,8,10-12,14,17,25H,1,7,9,13H2,2-5H3. The molecule has 0 saturated carbocycles. The van der Waals surface area contributed by atoms with Crippen LogP contribution in [0.3, 0.4) is 0 Å². The predicted molar refractivity (Wildman–Crippen MR) is 115 cm³/mol. The van der Waals surface area contributed by atoms with E-state index in [1.165, 1.54) is 5.56 Å². The zero-order valence-electron chi connectivity index (χ0n) is 17.5. The van der Waals surface area contributed by atoms with Crippen LogP contribution in [0, 0.1) is 13.8 Å². The first-order valence-electron chi connectivity index (χ1n) is 9.84. The Morgan fingerprint density at radius 1 is 1.31 bits per heavy atom. The third kappa shape index (κ3) is 4.47. The molecule has 3 rings (SSSR count). The normalized spacial score (nSPS) is 11.9. The van der Waals surface area contributed by atoms with Gasteiger partial charge >= 0.3 is 0 Å². The first-order valence-corrected chi connectivity index (χ1v) is 9.84. The van der Waals surface area contributed by atoms with Crippen molar-refractivity contribution in [1.29, 1.82) is 0 Å². The van der Waals surface area contributed by atoms with Gasteiger partial charge in [-0.3, -0.25) is 4.98 Å². The van der Waals surface area contributed by atoms with Crippen LogP contribution in [0.15, 0.2) is 47.8 Å². The van der Waals surface area contributed by atoms with Gasteiger partial charge in [-0.2, -0.15) is 0 Å². The summed E-state index contributed by atoms with van der Waals surface area (Å²) >= 11 is 0. The van der Waals surface area contributed by atoms with Crippen molar-refractivity contribution >= 4 is 5.69 Å². The molecule has 0 fully saturated rings. The molecule has 0 aliphatic rings. The number of aryl methyl sites for hydroxylation is 3. The molecule has 0 aliphatic heterocycles. The Morgan fingerprint density at radius 2 is 2.14 bits per heavy atom. The average molecular weight is 393 g/mol. The largest absolute Gasteiger partial charge is 0.480 e. The predicted octanol–water partition coefficient (Wildman–Crippen LogP) is 5.09. The molecule has 0 amide bonds. The summed E-state index contributed by atoms with van der Waals surface area (Å²) in [6.07, 6.45) is 7.34. The molecule has 152 valence electrons. The van der Waals surface area contributed by atoms with E-state index in [1.807, 2.05) is 38.3 Å². The van der Waals surface area contributed by atoms with Crippen LogP contribution in [0.25, 0.3) is 11.1 Å². The first kappa shape index (κ1) is 20.6. The summed E-state index contributed by atoms with van der Waals surface area (Å²) in [6.45, 7) is 10.6. The third-order valence-electron chi connectivity index (χ3n) is 5.06. The highest BCUT2D eigenvalue weighted by atomic mass is 16.5. The van der Waals surface area contributed by atoms with Crippen molar-refractivity contribution in [1.82, 2.24) is 15.1 Å². The molecule has 0 spiro atoms. The van der Waals surface area contributed by atoms with Crippen molar-refractivity contribution in [2.45, 2.75) is 39.5 Å². The number of methoxy groups -OCH3 is 1. The van der Waals surface area contributed by atoms with Crippen molar-refractivity contribution in [3.8, 4) is 17.0 Å². The van der Waals surface area contributed by atoms with E-state index in [0.29, 0.717) is 12.4 Å². The molecule has 3 aromatic rings. The number of rotatable bonds is 9. The van der Waals surface area contributed by atoms with Gasteiger partial charge in [-0.25, -0.2) is 4.98 Å². The van der Waals surface area contributed by atoms with Crippen LogP contribution in [0.2, 0.25) is 0 Å². The molecule has 1 atom stereocenters. The van der Waals surface area contributed by atoms with E-state index < -0.39 is 0 Å². The van der Waals surface area contributed by atoms with Crippen molar-refractivity contribution in [2.75, 3.05) is 19.0 Å². The van der Waals surface area contributed by atoms with Gasteiger partial charge in [0.25, 0.3) is 0 Å². The fraction of sp³-hybridized carbons (Fsp3) is 0.348. The number of hydrogen-bond acceptors (Lipinski definition) is 6. The summed E-state index contributed by atoms with van der Waals surface area (Å²) in [4.78, 5) is 9.02. The monoisotopic (exact) mass is 392 g/mol. The Bertz CT molecular complexity index is 961. The first-order chi connectivity index (χ1) is 14.1. The second-order valence-corrected chi connectivity index (χ2v) is 6.98. The molecule has 3 heterocycles. The van der Waals surface area contributed by atoms with Gasteiger partial charge < -0.3 is 14.6 Å². The molecule has 0 radical (unpaired) electrons. The van der Waals surface area contributed by atoms with Crippen LogP contribution in [-0.2, 0) is 6.42 Å². The lowest BCUT2D eigenvalue weighted by Gasteiger charge is -2.20. The molecule has 0 bridgehead atoms. The zero-order valence-corrected chi connectivity index (χ0v) is 17.5. The molecule has 0 aliphatic carbocycles. The Morgan fingerprint density at radius 3 is 2.79 bits per heavy atom. The number of pyridine rings is 2. The van der Waals surface area contributed by atoms with E-state index in [4.69, 9.17) is 9.26 Å². The van der Waals surface area contributed by atoms with E-state index in [-0.39, 0.29) is 5.92 Å². The molecule has 6 heteroatoms. The fourth-order valence-electron chi connectivity index (χ4n) is 3.65. The Balaban J connectivity index is 1.89. The Kier molecular flexibility index (Phi) is 6.65. The average Bonchev–Trinajstić information content (AvgIpc) is 3.08. The molecule has 0 saturated heterocycles. The highest BCUT2D eigenvalue weighted by Gasteiger charge is 2.18. The molecular formula is C23H28N4O2. The quantitative estimate of drug-likeness (QED) is 0.511. The second-order valence-electron chi connectivity index (χ2n) is 6.98. The van der Waals surface area contributed by atoms with E-state index in [0.717, 1.165) is 46.8 Å². The Hall–Kier alpha value is -3.15. The van der Waals surface area contributed by atoms with Crippen molar-refractivity contribution in [2.24, 2.45) is 0 Å². The molecular weight excluding hydrogens is 364 g/mol. The van der Waals surface area contributed by atoms with Gasteiger partial charge in [0.05, 0.1) is 18.5 Å². The highest BCUT2D eigenvalue weighted by Crippen LogP contribution is 2.33. The van der Waals surface area contributed by atoms with Gasteiger partial charge in [-0.1, -0.05) is 24.2 Å². The summed E-state index contributed by atoms with van der Waals surface area (Å²) in [5.74, 6) is 1.58. The number of allylic oxidation sites excluding steroid dienone is 1. The summed E-state index contributed by atoms with van der Waals surface area (Å²) in [5, 5.41) is 7.58. The minimum absolute atomic E-state index is 0.253. The van der Waals surface area contributed by atoms with E-state index in [9.17, 15) is 0 Å². The Labute approximate surface area is 172 Å². The van der Waals surface area contributed by atoms with Gasteiger partial charge in [-0.05, 0) is 44.4 Å². The van der Waals surface area contributed by atoms with Crippen LogP contribution in [-0.4, -0.2) is 28.8 Å². The maximum Gasteiger partial charge on any atom is 0.237 e. The highest BCUT2D eigenvalue weighted by molar-refractivity contribution is 5.72. The van der Waals surface area contributed by atoms with Gasteiger partial charge in [0, 0.05) is 41.7 Å². The molecule has 1 unspecified atom stereocenters. The van der Waals surface area contributed by atoms with Crippen LogP contribution in [0.5, 0.6) is 5.88 Å². The van der Waals surface area contributed by atoms with Crippen LogP contribution in [0.4, 0.5) is 5.69 Å². The lowest BCUT2D eigenvalue weighted by Crippen LogP contribution is -2.15. The number of nitrogens with zero attached hydrogens (tertiary/aromatic N) is 3. The van der Waals surface area contributed by atoms with E-state index >= 15 is 0 Å². The maximum absolute atomic E-state index is 5.48. The number of ether oxygens (including phenoxy) is 1. The lowest BCUT2D eigenvalue weighted by molar-refractivity contribution is 0.393. The summed E-state index contributed by atoms with van der Waals surface area (Å²) in [7, 11) is 1.63. The molecule has 1 N–H and O–H groups in total. The second kappa shape index (κ2) is 9.37. The molecule has 6 nitrogen and oxygen atoms in total. The number of nitrogens with one attached hydrogen (secondary N) is 1. The lowest BCUT2D eigenvalue weighted by atomic mass is 9.93. The minimum atomic E-state index is 0.253. The van der Waals surface area contributed by atoms with Gasteiger partial charge in [-0.15, -0.1) is 6.58 Å². The van der Waals surface area contributed by atoms with E-state index in [1.54, 1.807) is 13.3 Å². The smallest absolute Gasteiger partial charge is 0.237 e. The zero-order chi connectivity index (χ0) is 20.8. The maximum atomic E-state index is 5.48. The number of hydrogen-bond donors (Lipinski definition) is 1. The molecule has 3 aromatic heterocycles. The SMILES string of the molecule is C=CCC(CNc1cc(-c2c(C)noc2C)cnc1OC)c1cccnc1CC. The fourth-order valence-corrected chi connectivity index (χ4v) is 3.65. The summed E-state index contributed by atoms with van der Waals surface area (Å²) in [5.41, 5.74) is 5.95. The summed E-state index contributed by atoms with van der Waals surface area (Å²) < 4.78 is 10.8. The minimum Gasteiger partial charge on any atom is -0.480 e. The van der Waals surface area contributed by atoms with Crippen molar-refractivity contribution in [3.05, 3.63) is 66.0 Å². The molecule has 29 heavy (non-hydrogen) atoms. The van der Waals surface area contributed by atoms with E-state index in [2.05, 4.69) is 40.0 Å². The van der Waals surface area contributed by atoms with Crippen LogP contribution in [0.1, 0.15) is 42.0 Å². The number of anilines is 1. The molecule has 0 aromatic carbocycles. The summed E-state index contributed by atoms with van der Waals surface area (Å²) in [6, 6.07) is 6.18. The topological polar surface area (TPSA) is 73.1 Å². The number of aromatic nitrogens is 3. The van der Waals surface area contributed by atoms with Crippen LogP contribution >= 0.6 is 0 Å². The third-order valence-corrected chi connectivity index (χ3v) is 5.06. The van der Waals surface area contributed by atoms with Crippen LogP contribution < -0.4 is 10.1 Å². The van der Waals surface area contributed by atoms with Gasteiger partial charge in [0.2, 0.25) is 5.88 Å². The van der Waals surface area contributed by atoms with Gasteiger partial charge in [0.1, 0.15) is 5.76 Å². The van der Waals surface area contributed by atoms with Crippen molar-refractivity contribution in [3.63, 3.8) is 0 Å². The van der Waals surface area contributed by atoms with Gasteiger partial charge in [0.15, 0.2) is 0 Å². The van der Waals surface area contributed by atoms with Crippen molar-refractivity contribution < 1.29 is 9.26 Å².